The van der Waals surface area contributed by atoms with Crippen LogP contribution in [0.5, 0.6) is 0 Å². The first-order valence-corrected chi connectivity index (χ1v) is 4.50. The number of hydrogen-bond donors (Lipinski definition) is 5. The van der Waals surface area contributed by atoms with Crippen LogP contribution in [0.1, 0.15) is 12.8 Å². The van der Waals surface area contributed by atoms with Crippen LogP contribution in [-0.4, -0.2) is 30.5 Å². The second kappa shape index (κ2) is 7.29. The summed E-state index contributed by atoms with van der Waals surface area (Å²) in [5.41, 5.74) is 22.0. The fraction of sp³-hybridized carbons (Fsp3) is 0.571. The van der Waals surface area contributed by atoms with Crippen molar-refractivity contribution in [3.63, 3.8) is 0 Å². The molecule has 16 heavy (non-hydrogen) atoms. The number of nitrogens with zero attached hydrogens (tertiary/aromatic N) is 1. The number of urea groups is 1. The molecular weight excluding hydrogens is 216 g/mol. The Morgan fingerprint density at radius 3 is 2.44 bits per heavy atom. The normalized spacial score (nSPS) is 11.3. The van der Waals surface area contributed by atoms with E-state index in [-0.39, 0.29) is 5.96 Å². The molecule has 0 saturated heterocycles. The van der Waals surface area contributed by atoms with Crippen LogP contribution in [0.15, 0.2) is 4.99 Å². The second-order valence-corrected chi connectivity index (χ2v) is 2.94. The number of nitrogens with one attached hydrogen (secondary N) is 1. The van der Waals surface area contributed by atoms with Crippen LogP contribution in [0, 0.1) is 0 Å². The van der Waals surface area contributed by atoms with Crippen molar-refractivity contribution in [1.29, 1.82) is 0 Å². The van der Waals surface area contributed by atoms with Crippen molar-refractivity contribution >= 4 is 18.0 Å². The number of amides is 2. The maximum absolute atomic E-state index is 11.1. The molecule has 0 aromatic rings. The first-order chi connectivity index (χ1) is 7.43. The van der Waals surface area contributed by atoms with Gasteiger partial charge in [0.25, 0.3) is 0 Å². The Hall–Kier alpha value is -2.03. The zero-order valence-corrected chi connectivity index (χ0v) is 8.68. The molecule has 0 aromatic heterocycles. The zero-order chi connectivity index (χ0) is 12.6. The maximum Gasteiger partial charge on any atom is 0.348 e. The summed E-state index contributed by atoms with van der Waals surface area (Å²) in [7, 11) is 0. The molecule has 0 aromatic carbocycles. The van der Waals surface area contributed by atoms with Gasteiger partial charge in [0.15, 0.2) is 5.96 Å². The van der Waals surface area contributed by atoms with Gasteiger partial charge in [0.2, 0.25) is 0 Å². The molecule has 0 saturated carbocycles. The molecule has 0 spiro atoms. The third-order valence-corrected chi connectivity index (χ3v) is 1.52. The van der Waals surface area contributed by atoms with E-state index >= 15 is 0 Å². The molecule has 0 aliphatic carbocycles. The summed E-state index contributed by atoms with van der Waals surface area (Å²) in [4.78, 5) is 29.3. The summed E-state index contributed by atoms with van der Waals surface area (Å²) in [6, 6.07) is -1.83. The Bertz CT molecular complexity index is 275. The fourth-order valence-electron chi connectivity index (χ4n) is 0.813. The maximum atomic E-state index is 11.1. The largest absolute Gasteiger partial charge is 0.370 e. The van der Waals surface area contributed by atoms with Gasteiger partial charge in [0.05, 0.1) is 0 Å². The number of hydroxylamine groups is 1. The highest BCUT2D eigenvalue weighted by Gasteiger charge is 2.15. The summed E-state index contributed by atoms with van der Waals surface area (Å²) in [6.07, 6.45) is 0.848. The quantitative estimate of drug-likeness (QED) is 0.151. The molecular formula is C7H16N6O3. The van der Waals surface area contributed by atoms with Crippen LogP contribution in [0.2, 0.25) is 0 Å². The number of carbonyl (C=O) groups is 2. The van der Waals surface area contributed by atoms with Crippen molar-refractivity contribution in [3.05, 3.63) is 0 Å². The lowest BCUT2D eigenvalue weighted by atomic mass is 10.2. The molecule has 0 rings (SSSR count). The predicted molar refractivity (Wildman–Crippen MR) is 56.7 cm³/mol. The molecule has 0 bridgehead atoms. The molecule has 0 fully saturated rings. The Kier molecular flexibility index (Phi) is 6.36. The van der Waals surface area contributed by atoms with Crippen molar-refractivity contribution < 1.29 is 14.4 Å². The van der Waals surface area contributed by atoms with Crippen LogP contribution >= 0.6 is 0 Å². The monoisotopic (exact) mass is 232 g/mol. The molecule has 9 heteroatoms. The Balaban J connectivity index is 3.71. The van der Waals surface area contributed by atoms with Gasteiger partial charge in [-0.1, -0.05) is 0 Å². The standard InChI is InChI=1S/C7H16N6O3/c8-4(2-1-3-12-6(9)10)5(14)16-13-7(11)15/h4H,1-3,8H2,(H4,9,10,12)(H3,11,13,15)/t4-/m0/s1. The van der Waals surface area contributed by atoms with Crippen molar-refractivity contribution in [2.75, 3.05) is 6.54 Å². The fourth-order valence-corrected chi connectivity index (χ4v) is 0.813. The van der Waals surface area contributed by atoms with Crippen LogP contribution in [-0.2, 0) is 9.63 Å². The molecule has 0 radical (unpaired) electrons. The topological polar surface area (TPSA) is 172 Å². The summed E-state index contributed by atoms with van der Waals surface area (Å²) in [6.45, 7) is 0.368. The van der Waals surface area contributed by atoms with Crippen LogP contribution in [0.25, 0.3) is 0 Å². The zero-order valence-electron chi connectivity index (χ0n) is 8.68. The van der Waals surface area contributed by atoms with Crippen LogP contribution < -0.4 is 28.4 Å². The second-order valence-electron chi connectivity index (χ2n) is 2.94. The third kappa shape index (κ3) is 7.38. The third-order valence-electron chi connectivity index (χ3n) is 1.52. The molecule has 2 amide bonds. The molecule has 0 heterocycles. The van der Waals surface area contributed by atoms with Crippen LogP contribution in [0.4, 0.5) is 4.79 Å². The summed E-state index contributed by atoms with van der Waals surface area (Å²) in [5.74, 6) is -0.796. The van der Waals surface area contributed by atoms with Gasteiger partial charge < -0.3 is 27.8 Å². The number of carbonyl (C=O) groups excluding carboxylic acids is 2. The average molecular weight is 232 g/mol. The van der Waals surface area contributed by atoms with Gasteiger partial charge >= 0.3 is 12.0 Å². The number of primary amides is 1. The van der Waals surface area contributed by atoms with Gasteiger partial charge in [-0.15, -0.1) is 0 Å². The number of nitrogens with two attached hydrogens (primary N) is 4. The SMILES string of the molecule is NC(=O)NOC(=O)[C@@H](N)CCCN=C(N)N. The number of guanidine groups is 1. The minimum absolute atomic E-state index is 0.0217. The molecule has 0 unspecified atom stereocenters. The molecule has 1 atom stereocenters. The van der Waals surface area contributed by atoms with Crippen LogP contribution in [0.3, 0.4) is 0 Å². The van der Waals surface area contributed by atoms with Crippen molar-refractivity contribution in [3.8, 4) is 0 Å². The van der Waals surface area contributed by atoms with E-state index in [9.17, 15) is 9.59 Å². The Morgan fingerprint density at radius 2 is 1.94 bits per heavy atom. The smallest absolute Gasteiger partial charge is 0.348 e. The van der Waals surface area contributed by atoms with Crippen molar-refractivity contribution in [2.24, 2.45) is 27.9 Å². The predicted octanol–water partition coefficient (Wildman–Crippen LogP) is -2.51. The van der Waals surface area contributed by atoms with Gasteiger partial charge in [0, 0.05) is 6.54 Å². The highest BCUT2D eigenvalue weighted by Crippen LogP contribution is 1.96. The van der Waals surface area contributed by atoms with Gasteiger partial charge in [-0.25, -0.2) is 9.59 Å². The van der Waals surface area contributed by atoms with Gasteiger partial charge in [0.1, 0.15) is 6.04 Å². The highest BCUT2D eigenvalue weighted by molar-refractivity contribution is 5.78. The lowest BCUT2D eigenvalue weighted by Crippen LogP contribution is -2.39. The molecule has 92 valence electrons. The Labute approximate surface area is 92.1 Å². The van der Waals surface area contributed by atoms with E-state index in [0.717, 1.165) is 0 Å². The van der Waals surface area contributed by atoms with Gasteiger partial charge in [-0.2, -0.15) is 5.48 Å². The van der Waals surface area contributed by atoms with E-state index in [0.29, 0.717) is 19.4 Å². The lowest BCUT2D eigenvalue weighted by molar-refractivity contribution is -0.150. The summed E-state index contributed by atoms with van der Waals surface area (Å²) < 4.78 is 0. The van der Waals surface area contributed by atoms with E-state index < -0.39 is 18.0 Å². The number of hydrogen-bond acceptors (Lipinski definition) is 5. The van der Waals surface area contributed by atoms with E-state index in [1.165, 1.54) is 0 Å². The summed E-state index contributed by atoms with van der Waals surface area (Å²) >= 11 is 0. The minimum atomic E-state index is -0.971. The van der Waals surface area contributed by atoms with Crippen molar-refractivity contribution in [1.82, 2.24) is 5.48 Å². The average Bonchev–Trinajstić information content (AvgIpc) is 2.20. The number of aliphatic imine (C=N–C) groups is 1. The number of rotatable bonds is 5. The Morgan fingerprint density at radius 1 is 1.31 bits per heavy atom. The van der Waals surface area contributed by atoms with Crippen molar-refractivity contribution in [2.45, 2.75) is 18.9 Å². The molecule has 0 aliphatic heterocycles. The first-order valence-electron chi connectivity index (χ1n) is 4.50. The molecule has 0 aliphatic rings. The van der Waals surface area contributed by atoms with E-state index in [4.69, 9.17) is 17.2 Å². The minimum Gasteiger partial charge on any atom is -0.370 e. The molecule has 9 N–H and O–H groups in total. The highest BCUT2D eigenvalue weighted by atomic mass is 16.7. The van der Waals surface area contributed by atoms with E-state index in [1.54, 1.807) is 5.48 Å². The molecule has 9 nitrogen and oxygen atoms in total. The van der Waals surface area contributed by atoms with E-state index in [1.807, 2.05) is 0 Å². The van der Waals surface area contributed by atoms with Gasteiger partial charge in [-0.05, 0) is 12.8 Å². The summed E-state index contributed by atoms with van der Waals surface area (Å²) in [5, 5.41) is 0. The van der Waals surface area contributed by atoms with E-state index in [2.05, 4.69) is 15.6 Å². The van der Waals surface area contributed by atoms with Gasteiger partial charge in [-0.3, -0.25) is 4.99 Å². The lowest BCUT2D eigenvalue weighted by Gasteiger charge is -2.09. The first kappa shape index (κ1) is 14.0.